The van der Waals surface area contributed by atoms with Gasteiger partial charge in [-0.15, -0.1) is 0 Å². The van der Waals surface area contributed by atoms with Crippen LogP contribution in [0.4, 0.5) is 18.0 Å². The van der Waals surface area contributed by atoms with E-state index in [0.717, 1.165) is 17.3 Å². The molecule has 0 spiro atoms. The van der Waals surface area contributed by atoms with Gasteiger partial charge >= 0.3 is 12.7 Å². The number of pyridine rings is 1. The largest absolute Gasteiger partial charge is 0.444 e. The zero-order chi connectivity index (χ0) is 18.8. The second-order valence-corrected chi connectivity index (χ2v) is 6.07. The number of benzene rings is 1. The van der Waals surface area contributed by atoms with Crippen LogP contribution in [0.15, 0.2) is 30.5 Å². The number of hydrogen-bond acceptors (Lipinski definition) is 4. The van der Waals surface area contributed by atoms with Crippen molar-refractivity contribution in [1.29, 1.82) is 0 Å². The summed E-state index contributed by atoms with van der Waals surface area (Å²) in [5.74, 6) is -1.40. The summed E-state index contributed by atoms with van der Waals surface area (Å²) in [5.41, 5.74) is 2.60. The first-order valence-corrected chi connectivity index (χ1v) is 7.99. The van der Waals surface area contributed by atoms with Gasteiger partial charge in [0.1, 0.15) is 6.10 Å². The predicted octanol–water partition coefficient (Wildman–Crippen LogP) is 4.14. The highest BCUT2D eigenvalue weighted by molar-refractivity contribution is 5.70. The summed E-state index contributed by atoms with van der Waals surface area (Å²) in [6, 6.07) is 5.50. The maximum atomic E-state index is 13.6. The van der Waals surface area contributed by atoms with Crippen LogP contribution in [-0.2, 0) is 11.3 Å². The van der Waals surface area contributed by atoms with Gasteiger partial charge in [-0.3, -0.25) is 4.98 Å². The molecule has 5 nitrogen and oxygen atoms in total. The Labute approximate surface area is 148 Å². The Balaban J connectivity index is 1.89. The first kappa shape index (κ1) is 18.0. The fourth-order valence-corrected chi connectivity index (χ4v) is 2.77. The lowest BCUT2D eigenvalue weighted by molar-refractivity contribution is -0.0521. The zero-order valence-corrected chi connectivity index (χ0v) is 14.2. The van der Waals surface area contributed by atoms with Crippen molar-refractivity contribution in [3.8, 4) is 16.9 Å². The highest BCUT2D eigenvalue weighted by atomic mass is 19.3. The summed E-state index contributed by atoms with van der Waals surface area (Å²) < 4.78 is 47.7. The number of rotatable bonds is 5. The van der Waals surface area contributed by atoms with Crippen LogP contribution in [0.2, 0.25) is 0 Å². The van der Waals surface area contributed by atoms with Crippen LogP contribution in [0.3, 0.4) is 0 Å². The fourth-order valence-electron chi connectivity index (χ4n) is 2.77. The minimum atomic E-state index is -3.12. The number of nitrogens with zero attached hydrogens (tertiary/aromatic N) is 2. The molecular formula is C18H17F3N2O3. The van der Waals surface area contributed by atoms with Crippen LogP contribution in [0.25, 0.3) is 11.1 Å². The second kappa shape index (κ2) is 7.23. The lowest BCUT2D eigenvalue weighted by Gasteiger charge is -2.15. The first-order valence-electron chi connectivity index (χ1n) is 7.99. The molecule has 1 saturated heterocycles. The van der Waals surface area contributed by atoms with E-state index in [1.54, 1.807) is 24.1 Å². The minimum absolute atomic E-state index is 0.176. The molecule has 2 aromatic rings. The van der Waals surface area contributed by atoms with E-state index >= 15 is 0 Å². The maximum Gasteiger partial charge on any atom is 0.410 e. The lowest BCUT2D eigenvalue weighted by atomic mass is 10.0. The quantitative estimate of drug-likeness (QED) is 0.798. The number of ether oxygens (including phenoxy) is 2. The Morgan fingerprint density at radius 3 is 2.77 bits per heavy atom. The number of aryl methyl sites for hydroxylation is 1. The smallest absolute Gasteiger partial charge is 0.410 e. The molecule has 0 saturated carbocycles. The normalized spacial score (nSPS) is 16.9. The molecule has 1 fully saturated rings. The molecule has 1 amide bonds. The number of halogens is 3. The van der Waals surface area contributed by atoms with E-state index in [1.807, 2.05) is 6.92 Å². The average molecular weight is 366 g/mol. The SMILES string of the molecule is Cc1ncc(-c2ccc(F)c(OC(F)F)c2)cc1CN1C[C@@H](C)OC1=O. The molecule has 2 heterocycles. The number of alkyl halides is 2. The van der Waals surface area contributed by atoms with Crippen LogP contribution in [0, 0.1) is 12.7 Å². The topological polar surface area (TPSA) is 51.7 Å². The Kier molecular flexibility index (Phi) is 5.01. The molecule has 0 radical (unpaired) electrons. The van der Waals surface area contributed by atoms with Crippen LogP contribution in [-0.4, -0.2) is 35.2 Å². The lowest BCUT2D eigenvalue weighted by Crippen LogP contribution is -2.24. The van der Waals surface area contributed by atoms with Gasteiger partial charge in [0.05, 0.1) is 13.1 Å². The number of amides is 1. The molecule has 1 aromatic carbocycles. The minimum Gasteiger partial charge on any atom is -0.444 e. The zero-order valence-electron chi connectivity index (χ0n) is 14.2. The summed E-state index contributed by atoms with van der Waals surface area (Å²) in [6.07, 6.45) is 0.991. The van der Waals surface area contributed by atoms with E-state index in [-0.39, 0.29) is 6.10 Å². The van der Waals surface area contributed by atoms with E-state index < -0.39 is 24.3 Å². The van der Waals surface area contributed by atoms with Crippen molar-refractivity contribution in [3.05, 3.63) is 47.5 Å². The van der Waals surface area contributed by atoms with Gasteiger partial charge in [0.25, 0.3) is 0 Å². The third-order valence-corrected chi connectivity index (χ3v) is 4.07. The van der Waals surface area contributed by atoms with Crippen LogP contribution >= 0.6 is 0 Å². The molecule has 1 aliphatic rings. The summed E-state index contributed by atoms with van der Waals surface area (Å²) in [5, 5.41) is 0. The molecule has 1 aliphatic heterocycles. The molecule has 0 bridgehead atoms. The van der Waals surface area contributed by atoms with Gasteiger partial charge in [0, 0.05) is 17.5 Å². The van der Waals surface area contributed by atoms with Gasteiger partial charge < -0.3 is 14.4 Å². The first-order chi connectivity index (χ1) is 12.3. The van der Waals surface area contributed by atoms with Crippen LogP contribution < -0.4 is 4.74 Å². The molecule has 0 unspecified atom stereocenters. The molecule has 0 aliphatic carbocycles. The number of aromatic nitrogens is 1. The monoisotopic (exact) mass is 366 g/mol. The van der Waals surface area contributed by atoms with Gasteiger partial charge in [-0.05, 0) is 43.2 Å². The van der Waals surface area contributed by atoms with Crippen molar-refractivity contribution >= 4 is 6.09 Å². The average Bonchev–Trinajstić information content (AvgIpc) is 2.89. The highest BCUT2D eigenvalue weighted by Crippen LogP contribution is 2.29. The molecular weight excluding hydrogens is 349 g/mol. The van der Waals surface area contributed by atoms with E-state index in [2.05, 4.69) is 9.72 Å². The molecule has 0 N–H and O–H groups in total. The van der Waals surface area contributed by atoms with Crippen LogP contribution in [0.5, 0.6) is 5.75 Å². The summed E-state index contributed by atoms with van der Waals surface area (Å²) >= 11 is 0. The van der Waals surface area contributed by atoms with Gasteiger partial charge in [-0.25, -0.2) is 9.18 Å². The summed E-state index contributed by atoms with van der Waals surface area (Å²) in [6.45, 7) is 1.29. The van der Waals surface area contributed by atoms with Gasteiger partial charge in [-0.2, -0.15) is 8.78 Å². The number of carbonyl (C=O) groups excluding carboxylic acids is 1. The highest BCUT2D eigenvalue weighted by Gasteiger charge is 2.28. The van der Waals surface area contributed by atoms with Gasteiger partial charge in [-0.1, -0.05) is 6.07 Å². The van der Waals surface area contributed by atoms with Crippen molar-refractivity contribution in [2.75, 3.05) is 6.54 Å². The molecule has 26 heavy (non-hydrogen) atoms. The number of carbonyl (C=O) groups is 1. The molecule has 3 rings (SSSR count). The molecule has 8 heteroatoms. The standard InChI is InChI=1S/C18H17F3N2O3/c1-10-8-23(18(24)25-10)9-14-5-13(7-22-11(14)2)12-3-4-15(19)16(6-12)26-17(20)21/h3-7,10,17H,8-9H2,1-2H3/t10-/m1/s1. The van der Waals surface area contributed by atoms with E-state index in [1.165, 1.54) is 12.1 Å². The van der Waals surface area contributed by atoms with Crippen molar-refractivity contribution in [1.82, 2.24) is 9.88 Å². The number of cyclic esters (lactones) is 1. The Morgan fingerprint density at radius 1 is 1.35 bits per heavy atom. The Hall–Kier alpha value is -2.77. The third-order valence-electron chi connectivity index (χ3n) is 4.07. The molecule has 1 aromatic heterocycles. The maximum absolute atomic E-state index is 13.6. The van der Waals surface area contributed by atoms with Crippen molar-refractivity contribution in [2.24, 2.45) is 0 Å². The predicted molar refractivity (Wildman–Crippen MR) is 87.4 cm³/mol. The van der Waals surface area contributed by atoms with Crippen LogP contribution in [0.1, 0.15) is 18.2 Å². The third kappa shape index (κ3) is 3.89. The Bertz CT molecular complexity index is 829. The summed E-state index contributed by atoms with van der Waals surface area (Å²) in [7, 11) is 0. The second-order valence-electron chi connectivity index (χ2n) is 6.07. The van der Waals surface area contributed by atoms with Crippen molar-refractivity contribution in [2.45, 2.75) is 33.1 Å². The molecule has 1 atom stereocenters. The number of hydrogen-bond donors (Lipinski definition) is 0. The van der Waals surface area contributed by atoms with E-state index in [4.69, 9.17) is 4.74 Å². The van der Waals surface area contributed by atoms with Gasteiger partial charge in [0.15, 0.2) is 11.6 Å². The van der Waals surface area contributed by atoms with Crippen molar-refractivity contribution in [3.63, 3.8) is 0 Å². The van der Waals surface area contributed by atoms with E-state index in [0.29, 0.717) is 24.2 Å². The van der Waals surface area contributed by atoms with E-state index in [9.17, 15) is 18.0 Å². The Morgan fingerprint density at radius 2 is 2.12 bits per heavy atom. The van der Waals surface area contributed by atoms with Gasteiger partial charge in [0.2, 0.25) is 0 Å². The fraction of sp³-hybridized carbons (Fsp3) is 0.333. The summed E-state index contributed by atoms with van der Waals surface area (Å²) in [4.78, 5) is 17.7. The molecule has 138 valence electrons. The van der Waals surface area contributed by atoms with Crippen molar-refractivity contribution < 1.29 is 27.4 Å².